The van der Waals surface area contributed by atoms with Crippen LogP contribution in [-0.4, -0.2) is 26.1 Å². The third-order valence-electron chi connectivity index (χ3n) is 4.07. The van der Waals surface area contributed by atoms with Gasteiger partial charge in [-0.3, -0.25) is 10.1 Å². The highest BCUT2D eigenvalue weighted by molar-refractivity contribution is 7.90. The lowest BCUT2D eigenvalue weighted by atomic mass is 10.0. The number of para-hydroxylation sites is 2. The highest BCUT2D eigenvalue weighted by Gasteiger charge is 2.33. The first kappa shape index (κ1) is 15.5. The topological polar surface area (TPSA) is 80.5 Å². The molecule has 0 saturated carbocycles. The first-order valence-corrected chi connectivity index (χ1v) is 9.03. The van der Waals surface area contributed by atoms with Crippen LogP contribution in [0.5, 0.6) is 0 Å². The van der Waals surface area contributed by atoms with Gasteiger partial charge in [-0.1, -0.05) is 31.2 Å². The van der Waals surface area contributed by atoms with Crippen molar-refractivity contribution in [2.24, 2.45) is 0 Å². The molecule has 2 aromatic rings. The Kier molecular flexibility index (Phi) is 3.60. The monoisotopic (exact) mass is 332 g/mol. The van der Waals surface area contributed by atoms with Crippen LogP contribution in [0.15, 0.2) is 47.4 Å². The minimum Gasteiger partial charge on any atom is -0.335 e. The number of hydrogen-bond donors (Lipinski definition) is 0. The van der Waals surface area contributed by atoms with Crippen LogP contribution in [0, 0.1) is 10.1 Å². The van der Waals surface area contributed by atoms with Gasteiger partial charge in [0.05, 0.1) is 4.92 Å². The molecule has 0 aliphatic carbocycles. The van der Waals surface area contributed by atoms with Crippen LogP contribution in [0.4, 0.5) is 17.1 Å². The quantitative estimate of drug-likeness (QED) is 0.636. The zero-order chi connectivity index (χ0) is 16.8. The number of benzene rings is 2. The lowest BCUT2D eigenvalue weighted by molar-refractivity contribution is -0.387. The van der Waals surface area contributed by atoms with Crippen LogP contribution in [0.2, 0.25) is 0 Å². The van der Waals surface area contributed by atoms with Gasteiger partial charge in [0.1, 0.15) is 10.6 Å². The number of nitro benzene ring substituents is 1. The van der Waals surface area contributed by atoms with Crippen molar-refractivity contribution in [3.63, 3.8) is 0 Å². The molecule has 23 heavy (non-hydrogen) atoms. The molecule has 0 spiro atoms. The smallest absolute Gasteiger partial charge is 0.311 e. The van der Waals surface area contributed by atoms with E-state index >= 15 is 0 Å². The zero-order valence-electron chi connectivity index (χ0n) is 12.8. The first-order valence-electron chi connectivity index (χ1n) is 7.14. The van der Waals surface area contributed by atoms with Crippen molar-refractivity contribution in [3.8, 4) is 0 Å². The van der Waals surface area contributed by atoms with Gasteiger partial charge in [-0.2, -0.15) is 0 Å². The number of nitro groups is 1. The highest BCUT2D eigenvalue weighted by atomic mass is 32.2. The standard InChI is InChI=1S/C16H16N2O4S/c1-11-10-17(13-7-4-3-6-12(11)13)14-8-5-9-15(23(2,21)22)16(14)18(19)20/h3-9,11H,10H2,1-2H3. The molecule has 1 aliphatic rings. The molecule has 0 fully saturated rings. The van der Waals surface area contributed by atoms with Gasteiger partial charge in [0.25, 0.3) is 0 Å². The van der Waals surface area contributed by atoms with Crippen molar-refractivity contribution < 1.29 is 13.3 Å². The third-order valence-corrected chi connectivity index (χ3v) is 5.19. The van der Waals surface area contributed by atoms with Crippen molar-refractivity contribution in [3.05, 3.63) is 58.1 Å². The van der Waals surface area contributed by atoms with Crippen molar-refractivity contribution in [2.45, 2.75) is 17.7 Å². The van der Waals surface area contributed by atoms with Gasteiger partial charge in [0, 0.05) is 24.4 Å². The maximum absolute atomic E-state index is 11.9. The molecule has 1 unspecified atom stereocenters. The number of fused-ring (bicyclic) bond motifs is 1. The molecule has 0 N–H and O–H groups in total. The Morgan fingerprint density at radius 2 is 1.78 bits per heavy atom. The van der Waals surface area contributed by atoms with E-state index in [0.29, 0.717) is 12.2 Å². The summed E-state index contributed by atoms with van der Waals surface area (Å²) >= 11 is 0. The predicted molar refractivity (Wildman–Crippen MR) is 88.1 cm³/mol. The molecular weight excluding hydrogens is 316 g/mol. The summed E-state index contributed by atoms with van der Waals surface area (Å²) in [5.74, 6) is 0.215. The average molecular weight is 332 g/mol. The SMILES string of the molecule is CC1CN(c2cccc(S(C)(=O)=O)c2[N+](=O)[O-])c2ccccc21. The molecule has 120 valence electrons. The van der Waals surface area contributed by atoms with Gasteiger partial charge in [-0.05, 0) is 23.8 Å². The Balaban J connectivity index is 2.25. The average Bonchev–Trinajstić information content (AvgIpc) is 2.83. The van der Waals surface area contributed by atoms with E-state index in [1.807, 2.05) is 36.1 Å². The molecule has 0 bridgehead atoms. The summed E-state index contributed by atoms with van der Waals surface area (Å²) in [4.78, 5) is 12.5. The molecule has 0 amide bonds. The number of hydrogen-bond acceptors (Lipinski definition) is 5. The van der Waals surface area contributed by atoms with E-state index in [9.17, 15) is 18.5 Å². The summed E-state index contributed by atoms with van der Waals surface area (Å²) in [6, 6.07) is 12.1. The van der Waals surface area contributed by atoms with Crippen LogP contribution >= 0.6 is 0 Å². The van der Waals surface area contributed by atoms with E-state index in [2.05, 4.69) is 0 Å². The lowest BCUT2D eigenvalue weighted by Gasteiger charge is -2.20. The Morgan fingerprint density at radius 3 is 2.43 bits per heavy atom. The molecule has 1 heterocycles. The van der Waals surface area contributed by atoms with Gasteiger partial charge in [0.15, 0.2) is 9.84 Å². The highest BCUT2D eigenvalue weighted by Crippen LogP contribution is 2.45. The molecule has 2 aromatic carbocycles. The van der Waals surface area contributed by atoms with E-state index in [1.54, 1.807) is 12.1 Å². The fraction of sp³-hybridized carbons (Fsp3) is 0.250. The molecule has 0 saturated heterocycles. The second-order valence-corrected chi connectivity index (χ2v) is 7.71. The fourth-order valence-electron chi connectivity index (χ4n) is 3.06. The van der Waals surface area contributed by atoms with Gasteiger partial charge >= 0.3 is 5.69 Å². The van der Waals surface area contributed by atoms with E-state index in [4.69, 9.17) is 0 Å². The zero-order valence-corrected chi connectivity index (χ0v) is 13.6. The van der Waals surface area contributed by atoms with Crippen LogP contribution in [0.3, 0.4) is 0 Å². The van der Waals surface area contributed by atoms with E-state index in [1.165, 1.54) is 6.07 Å². The normalized spacial score (nSPS) is 17.1. The Hall–Kier alpha value is -2.41. The number of sulfone groups is 1. The predicted octanol–water partition coefficient (Wildman–Crippen LogP) is 3.25. The third kappa shape index (κ3) is 2.57. The maximum atomic E-state index is 11.9. The first-order chi connectivity index (χ1) is 10.8. The van der Waals surface area contributed by atoms with Crippen molar-refractivity contribution in [1.82, 2.24) is 0 Å². The molecule has 1 atom stereocenters. The summed E-state index contributed by atoms with van der Waals surface area (Å²) < 4.78 is 23.8. The molecular formula is C16H16N2O4S. The maximum Gasteiger partial charge on any atom is 0.311 e. The molecule has 1 aliphatic heterocycles. The minimum atomic E-state index is -3.69. The van der Waals surface area contributed by atoms with E-state index in [-0.39, 0.29) is 16.5 Å². The van der Waals surface area contributed by atoms with Gasteiger partial charge in [0.2, 0.25) is 0 Å². The van der Waals surface area contributed by atoms with Crippen LogP contribution in [-0.2, 0) is 9.84 Å². The van der Waals surface area contributed by atoms with Crippen LogP contribution in [0.25, 0.3) is 0 Å². The van der Waals surface area contributed by atoms with Crippen molar-refractivity contribution >= 4 is 26.9 Å². The van der Waals surface area contributed by atoms with Crippen LogP contribution in [0.1, 0.15) is 18.4 Å². The van der Waals surface area contributed by atoms with Gasteiger partial charge < -0.3 is 4.90 Å². The number of rotatable bonds is 3. The summed E-state index contributed by atoms with van der Waals surface area (Å²) in [7, 11) is -3.69. The Bertz CT molecular complexity index is 893. The molecule has 6 nitrogen and oxygen atoms in total. The largest absolute Gasteiger partial charge is 0.335 e. The lowest BCUT2D eigenvalue weighted by Crippen LogP contribution is -2.17. The van der Waals surface area contributed by atoms with E-state index < -0.39 is 14.8 Å². The molecule has 0 aromatic heterocycles. The Labute approximate surface area is 134 Å². The minimum absolute atomic E-state index is 0.215. The second kappa shape index (κ2) is 5.34. The fourth-order valence-corrected chi connectivity index (χ4v) is 3.92. The summed E-state index contributed by atoms with van der Waals surface area (Å²) in [5.41, 5.74) is 1.94. The van der Waals surface area contributed by atoms with Crippen molar-refractivity contribution in [2.75, 3.05) is 17.7 Å². The van der Waals surface area contributed by atoms with Gasteiger partial charge in [-0.25, -0.2) is 8.42 Å². The van der Waals surface area contributed by atoms with Gasteiger partial charge in [-0.15, -0.1) is 0 Å². The van der Waals surface area contributed by atoms with E-state index in [0.717, 1.165) is 17.5 Å². The number of nitrogens with zero attached hydrogens (tertiary/aromatic N) is 2. The molecule has 3 rings (SSSR count). The molecule has 7 heteroatoms. The Morgan fingerprint density at radius 1 is 1.13 bits per heavy atom. The second-order valence-electron chi connectivity index (χ2n) is 5.72. The van der Waals surface area contributed by atoms with Crippen molar-refractivity contribution in [1.29, 1.82) is 0 Å². The summed E-state index contributed by atoms with van der Waals surface area (Å²) in [6.07, 6.45) is 0.986. The summed E-state index contributed by atoms with van der Waals surface area (Å²) in [6.45, 7) is 2.62. The molecule has 0 radical (unpaired) electrons. The number of anilines is 2. The van der Waals surface area contributed by atoms with Crippen LogP contribution < -0.4 is 4.90 Å². The summed E-state index contributed by atoms with van der Waals surface area (Å²) in [5, 5.41) is 11.6.